The Bertz CT molecular complexity index is 587. The van der Waals surface area contributed by atoms with Gasteiger partial charge in [-0.3, -0.25) is 14.4 Å². The highest BCUT2D eigenvalue weighted by Gasteiger charge is 2.13. The number of carbonyl (C=O) groups is 3. The number of rotatable bonds is 8. The minimum atomic E-state index is -0.910. The number of amides is 2. The number of nitrogens with one attached hydrogen (secondary N) is 2. The third-order valence-corrected chi connectivity index (χ3v) is 3.27. The second kappa shape index (κ2) is 9.15. The quantitative estimate of drug-likeness (QED) is 0.634. The van der Waals surface area contributed by atoms with Gasteiger partial charge in [0.15, 0.2) is 0 Å². The van der Waals surface area contributed by atoms with Crippen LogP contribution in [-0.2, 0) is 9.59 Å². The van der Waals surface area contributed by atoms with Crippen molar-refractivity contribution in [3.8, 4) is 0 Å². The molecule has 1 aromatic rings. The van der Waals surface area contributed by atoms with Crippen LogP contribution in [0.4, 0.5) is 5.69 Å². The van der Waals surface area contributed by atoms with Gasteiger partial charge in [0.05, 0.1) is 10.6 Å². The van der Waals surface area contributed by atoms with Crippen LogP contribution >= 0.6 is 11.6 Å². The van der Waals surface area contributed by atoms with Crippen LogP contribution in [0.25, 0.3) is 0 Å². The number of carboxylic acid groups (broad SMARTS) is 1. The summed E-state index contributed by atoms with van der Waals surface area (Å²) < 4.78 is 0. The van der Waals surface area contributed by atoms with Gasteiger partial charge in [-0.2, -0.15) is 0 Å². The fourth-order valence-corrected chi connectivity index (χ4v) is 2.10. The van der Waals surface area contributed by atoms with Crippen LogP contribution in [0.3, 0.4) is 0 Å². The average molecular weight is 341 g/mol. The molecule has 23 heavy (non-hydrogen) atoms. The van der Waals surface area contributed by atoms with Gasteiger partial charge in [-0.05, 0) is 30.5 Å². The van der Waals surface area contributed by atoms with Crippen LogP contribution in [0.2, 0.25) is 5.02 Å². The second-order valence-corrected chi connectivity index (χ2v) is 6.00. The van der Waals surface area contributed by atoms with Crippen molar-refractivity contribution in [3.05, 3.63) is 28.8 Å². The summed E-state index contributed by atoms with van der Waals surface area (Å²) in [6.07, 6.45) is 0.710. The van der Waals surface area contributed by atoms with E-state index in [2.05, 4.69) is 10.6 Å². The molecule has 0 saturated carbocycles. The Morgan fingerprint density at radius 2 is 1.96 bits per heavy atom. The molecular weight excluding hydrogens is 320 g/mol. The van der Waals surface area contributed by atoms with Gasteiger partial charge in [-0.15, -0.1) is 0 Å². The lowest BCUT2D eigenvalue weighted by Crippen LogP contribution is -2.25. The molecular formula is C16H21ClN2O4. The molecule has 0 aromatic heterocycles. The Hall–Kier alpha value is -2.08. The molecule has 0 atom stereocenters. The van der Waals surface area contributed by atoms with Gasteiger partial charge >= 0.3 is 5.97 Å². The number of benzene rings is 1. The number of halogens is 1. The third-order valence-electron chi connectivity index (χ3n) is 2.94. The van der Waals surface area contributed by atoms with Crippen LogP contribution in [0.15, 0.2) is 18.2 Å². The fraction of sp³-hybridized carbons (Fsp3) is 0.438. The number of carboxylic acids is 1. The summed E-state index contributed by atoms with van der Waals surface area (Å²) in [7, 11) is 0. The van der Waals surface area contributed by atoms with E-state index in [1.165, 1.54) is 6.07 Å². The van der Waals surface area contributed by atoms with Crippen molar-refractivity contribution < 1.29 is 19.5 Å². The van der Waals surface area contributed by atoms with E-state index in [9.17, 15) is 14.4 Å². The summed E-state index contributed by atoms with van der Waals surface area (Å²) >= 11 is 6.01. The lowest BCUT2D eigenvalue weighted by atomic mass is 10.1. The van der Waals surface area contributed by atoms with E-state index in [0.29, 0.717) is 18.5 Å². The molecule has 6 nitrogen and oxygen atoms in total. The minimum Gasteiger partial charge on any atom is -0.481 e. The van der Waals surface area contributed by atoms with Crippen molar-refractivity contribution in [2.24, 2.45) is 5.92 Å². The SMILES string of the molecule is CC(C)CC(=O)Nc1ccc(Cl)c(C(=O)NCCCC(=O)O)c1. The van der Waals surface area contributed by atoms with Gasteiger partial charge in [0, 0.05) is 25.1 Å². The predicted octanol–water partition coefficient (Wildman–Crippen LogP) is 2.92. The Labute approximate surface area is 140 Å². The van der Waals surface area contributed by atoms with Gasteiger partial charge in [0.1, 0.15) is 0 Å². The first-order chi connectivity index (χ1) is 10.8. The van der Waals surface area contributed by atoms with Crippen molar-refractivity contribution in [1.82, 2.24) is 5.32 Å². The molecule has 0 radical (unpaired) electrons. The molecule has 0 aliphatic heterocycles. The van der Waals surface area contributed by atoms with E-state index in [4.69, 9.17) is 16.7 Å². The topological polar surface area (TPSA) is 95.5 Å². The Morgan fingerprint density at radius 3 is 2.57 bits per heavy atom. The van der Waals surface area contributed by atoms with E-state index >= 15 is 0 Å². The molecule has 3 N–H and O–H groups in total. The molecule has 0 spiro atoms. The highest BCUT2D eigenvalue weighted by molar-refractivity contribution is 6.34. The molecule has 126 valence electrons. The standard InChI is InChI=1S/C16H21ClN2O4/c1-10(2)8-14(20)19-11-5-6-13(17)12(9-11)16(23)18-7-3-4-15(21)22/h5-6,9-10H,3-4,7-8H2,1-2H3,(H,18,23)(H,19,20)(H,21,22). The Balaban J connectivity index is 2.67. The van der Waals surface area contributed by atoms with Crippen LogP contribution in [-0.4, -0.2) is 29.4 Å². The largest absolute Gasteiger partial charge is 0.481 e. The highest BCUT2D eigenvalue weighted by Crippen LogP contribution is 2.21. The number of hydrogen-bond donors (Lipinski definition) is 3. The van der Waals surface area contributed by atoms with Gasteiger partial charge in [0.25, 0.3) is 5.91 Å². The molecule has 0 bridgehead atoms. The summed E-state index contributed by atoms with van der Waals surface area (Å²) in [5.74, 6) is -1.21. The van der Waals surface area contributed by atoms with E-state index in [1.54, 1.807) is 12.1 Å². The van der Waals surface area contributed by atoms with Gasteiger partial charge in [0.2, 0.25) is 5.91 Å². The van der Waals surface area contributed by atoms with Crippen molar-refractivity contribution in [1.29, 1.82) is 0 Å². The van der Waals surface area contributed by atoms with Crippen LogP contribution in [0.1, 0.15) is 43.5 Å². The van der Waals surface area contributed by atoms with E-state index in [-0.39, 0.29) is 35.4 Å². The second-order valence-electron chi connectivity index (χ2n) is 5.59. The first-order valence-electron chi connectivity index (χ1n) is 7.39. The summed E-state index contributed by atoms with van der Waals surface area (Å²) in [5, 5.41) is 14.1. The maximum Gasteiger partial charge on any atom is 0.303 e. The predicted molar refractivity (Wildman–Crippen MR) is 88.7 cm³/mol. The van der Waals surface area contributed by atoms with E-state index in [1.807, 2.05) is 13.8 Å². The summed E-state index contributed by atoms with van der Waals surface area (Å²) in [6, 6.07) is 4.67. The summed E-state index contributed by atoms with van der Waals surface area (Å²) in [6.45, 7) is 4.13. The highest BCUT2D eigenvalue weighted by atomic mass is 35.5. The van der Waals surface area contributed by atoms with Crippen LogP contribution in [0, 0.1) is 5.92 Å². The van der Waals surface area contributed by atoms with Crippen LogP contribution < -0.4 is 10.6 Å². The lowest BCUT2D eigenvalue weighted by Gasteiger charge is -2.10. The van der Waals surface area contributed by atoms with Crippen molar-refractivity contribution in [3.63, 3.8) is 0 Å². The number of aliphatic carboxylic acids is 1. The number of hydrogen-bond acceptors (Lipinski definition) is 3. The molecule has 1 rings (SSSR count). The zero-order chi connectivity index (χ0) is 17.4. The molecule has 7 heteroatoms. The normalized spacial score (nSPS) is 10.4. The van der Waals surface area contributed by atoms with Crippen LogP contribution in [0.5, 0.6) is 0 Å². The molecule has 0 aliphatic rings. The monoisotopic (exact) mass is 340 g/mol. The molecule has 0 unspecified atom stereocenters. The Kier molecular flexibility index (Phi) is 7.54. The van der Waals surface area contributed by atoms with Gasteiger partial charge < -0.3 is 15.7 Å². The first-order valence-corrected chi connectivity index (χ1v) is 7.76. The smallest absolute Gasteiger partial charge is 0.303 e. The molecule has 0 heterocycles. The summed E-state index contributed by atoms with van der Waals surface area (Å²) in [4.78, 5) is 34.3. The number of anilines is 1. The molecule has 2 amide bonds. The van der Waals surface area contributed by atoms with Gasteiger partial charge in [-0.25, -0.2) is 0 Å². The maximum atomic E-state index is 12.1. The Morgan fingerprint density at radius 1 is 1.26 bits per heavy atom. The average Bonchev–Trinajstić information content (AvgIpc) is 2.44. The summed E-state index contributed by atoms with van der Waals surface area (Å²) in [5.41, 5.74) is 0.736. The molecule has 0 aliphatic carbocycles. The molecule has 1 aromatic carbocycles. The zero-order valence-corrected chi connectivity index (χ0v) is 13.9. The van der Waals surface area contributed by atoms with Crippen molar-refractivity contribution in [2.75, 3.05) is 11.9 Å². The third kappa shape index (κ3) is 7.15. The molecule has 0 saturated heterocycles. The van der Waals surface area contributed by atoms with Crippen molar-refractivity contribution in [2.45, 2.75) is 33.1 Å². The lowest BCUT2D eigenvalue weighted by molar-refractivity contribution is -0.137. The number of carbonyl (C=O) groups excluding carboxylic acids is 2. The first kappa shape index (κ1) is 19.0. The minimum absolute atomic E-state index is 0.0146. The van der Waals surface area contributed by atoms with E-state index < -0.39 is 11.9 Å². The maximum absolute atomic E-state index is 12.1. The van der Waals surface area contributed by atoms with Gasteiger partial charge in [-0.1, -0.05) is 25.4 Å². The van der Waals surface area contributed by atoms with E-state index in [0.717, 1.165) is 0 Å². The fourth-order valence-electron chi connectivity index (χ4n) is 1.90. The van der Waals surface area contributed by atoms with Crippen molar-refractivity contribution >= 4 is 35.1 Å². The molecule has 0 fully saturated rings. The zero-order valence-electron chi connectivity index (χ0n) is 13.2.